The largest absolute Gasteiger partial charge is 0.305 e. The Labute approximate surface area is 119 Å². The maximum Gasteiger partial charge on any atom is 0.247 e. The molecule has 0 aliphatic carbocycles. The van der Waals surface area contributed by atoms with E-state index in [9.17, 15) is 18.0 Å². The number of imide groups is 1. The van der Waals surface area contributed by atoms with Crippen molar-refractivity contribution in [3.8, 4) is 0 Å². The fraction of sp³-hybridized carbons (Fsp3) is 0.846. The van der Waals surface area contributed by atoms with Crippen LogP contribution in [0.1, 0.15) is 33.1 Å². The van der Waals surface area contributed by atoms with Crippen LogP contribution < -0.4 is 5.32 Å². The molecule has 0 bridgehead atoms. The molecule has 0 aromatic heterocycles. The first-order valence-corrected chi connectivity index (χ1v) is 8.96. The molecule has 6 nitrogen and oxygen atoms in total. The summed E-state index contributed by atoms with van der Waals surface area (Å²) >= 11 is 0. The fourth-order valence-electron chi connectivity index (χ4n) is 2.80. The molecule has 2 amide bonds. The van der Waals surface area contributed by atoms with Gasteiger partial charge >= 0.3 is 0 Å². The molecule has 2 aliphatic rings. The van der Waals surface area contributed by atoms with E-state index in [0.29, 0.717) is 13.0 Å². The van der Waals surface area contributed by atoms with Crippen LogP contribution >= 0.6 is 0 Å². The van der Waals surface area contributed by atoms with E-state index >= 15 is 0 Å². The molecule has 1 N–H and O–H groups in total. The van der Waals surface area contributed by atoms with Gasteiger partial charge in [-0.2, -0.15) is 0 Å². The Hall–Kier alpha value is -0.950. The minimum Gasteiger partial charge on any atom is -0.305 e. The maximum absolute atomic E-state index is 12.2. The third-order valence-electron chi connectivity index (χ3n) is 4.19. The summed E-state index contributed by atoms with van der Waals surface area (Å²) < 4.78 is 22.8. The second kappa shape index (κ2) is 5.81. The Bertz CT molecular complexity index is 503. The first-order valence-electron chi connectivity index (χ1n) is 7.13. The summed E-state index contributed by atoms with van der Waals surface area (Å²) in [5.41, 5.74) is 0. The van der Waals surface area contributed by atoms with Crippen molar-refractivity contribution in [3.63, 3.8) is 0 Å². The topological polar surface area (TPSA) is 83.6 Å². The van der Waals surface area contributed by atoms with E-state index in [2.05, 4.69) is 5.32 Å². The van der Waals surface area contributed by atoms with E-state index in [1.807, 2.05) is 13.8 Å². The predicted molar refractivity (Wildman–Crippen MR) is 74.8 cm³/mol. The molecule has 3 unspecified atom stereocenters. The van der Waals surface area contributed by atoms with Crippen LogP contribution in [0.25, 0.3) is 0 Å². The number of nitrogens with one attached hydrogen (secondary N) is 1. The van der Waals surface area contributed by atoms with E-state index < -0.39 is 15.9 Å². The second-order valence-corrected chi connectivity index (χ2v) is 8.02. The lowest BCUT2D eigenvalue weighted by atomic mass is 10.1. The maximum atomic E-state index is 12.2. The third kappa shape index (κ3) is 3.20. The lowest BCUT2D eigenvalue weighted by molar-refractivity contribution is -0.141. The number of hydrogen-bond acceptors (Lipinski definition) is 5. The third-order valence-corrected chi connectivity index (χ3v) is 6.03. The van der Waals surface area contributed by atoms with Crippen LogP contribution in [0.2, 0.25) is 0 Å². The molecule has 2 fully saturated rings. The highest BCUT2D eigenvalue weighted by molar-refractivity contribution is 7.91. The Kier molecular flexibility index (Phi) is 4.49. The van der Waals surface area contributed by atoms with E-state index in [1.54, 1.807) is 0 Å². The van der Waals surface area contributed by atoms with Gasteiger partial charge in [-0.05, 0) is 32.2 Å². The molecular weight excluding hydrogens is 280 g/mol. The zero-order valence-corrected chi connectivity index (χ0v) is 12.8. The molecule has 0 saturated carbocycles. The van der Waals surface area contributed by atoms with Gasteiger partial charge in [-0.25, -0.2) is 8.42 Å². The Balaban J connectivity index is 1.89. The van der Waals surface area contributed by atoms with Crippen molar-refractivity contribution in [1.29, 1.82) is 0 Å². The molecule has 2 saturated heterocycles. The van der Waals surface area contributed by atoms with Crippen molar-refractivity contribution in [2.75, 3.05) is 18.1 Å². The highest BCUT2D eigenvalue weighted by atomic mass is 32.2. The summed E-state index contributed by atoms with van der Waals surface area (Å²) in [6.07, 6.45) is 1.56. The van der Waals surface area contributed by atoms with Crippen molar-refractivity contribution in [2.24, 2.45) is 5.92 Å². The minimum absolute atomic E-state index is 0.0561. The molecule has 2 heterocycles. The lowest BCUT2D eigenvalue weighted by Gasteiger charge is -2.22. The van der Waals surface area contributed by atoms with Gasteiger partial charge < -0.3 is 5.32 Å². The summed E-state index contributed by atoms with van der Waals surface area (Å²) in [6, 6.07) is -0.562. The van der Waals surface area contributed by atoms with E-state index in [4.69, 9.17) is 0 Å². The Morgan fingerprint density at radius 1 is 1.40 bits per heavy atom. The van der Waals surface area contributed by atoms with Crippen LogP contribution in [0.15, 0.2) is 0 Å². The highest BCUT2D eigenvalue weighted by Gasteiger charge is 2.40. The first-order chi connectivity index (χ1) is 9.34. The molecule has 2 rings (SSSR count). The van der Waals surface area contributed by atoms with Crippen LogP contribution in [-0.4, -0.2) is 55.3 Å². The van der Waals surface area contributed by atoms with Gasteiger partial charge in [-0.1, -0.05) is 6.92 Å². The van der Waals surface area contributed by atoms with Crippen LogP contribution in [-0.2, 0) is 19.4 Å². The minimum atomic E-state index is -2.90. The van der Waals surface area contributed by atoms with Gasteiger partial charge in [0, 0.05) is 6.04 Å². The molecule has 0 aromatic rings. The van der Waals surface area contributed by atoms with E-state index in [1.165, 1.54) is 4.90 Å². The average molecular weight is 302 g/mol. The van der Waals surface area contributed by atoms with Crippen molar-refractivity contribution < 1.29 is 18.0 Å². The van der Waals surface area contributed by atoms with Gasteiger partial charge in [0.1, 0.15) is 0 Å². The molecule has 0 aromatic carbocycles. The highest BCUT2D eigenvalue weighted by Crippen LogP contribution is 2.20. The number of carbonyl (C=O) groups excluding carboxylic acids is 2. The van der Waals surface area contributed by atoms with Gasteiger partial charge in [0.15, 0.2) is 9.84 Å². The number of hydrogen-bond donors (Lipinski definition) is 1. The molecular formula is C13H22N2O4S. The van der Waals surface area contributed by atoms with Gasteiger partial charge in [-0.15, -0.1) is 0 Å². The Morgan fingerprint density at radius 3 is 2.65 bits per heavy atom. The van der Waals surface area contributed by atoms with E-state index in [-0.39, 0.29) is 41.7 Å². The first kappa shape index (κ1) is 15.4. The molecule has 2 aliphatic heterocycles. The summed E-state index contributed by atoms with van der Waals surface area (Å²) in [7, 11) is -2.90. The van der Waals surface area contributed by atoms with Crippen LogP contribution in [0.3, 0.4) is 0 Å². The van der Waals surface area contributed by atoms with Crippen molar-refractivity contribution in [2.45, 2.75) is 45.2 Å². The molecule has 0 radical (unpaired) electrons. The number of rotatable bonds is 5. The van der Waals surface area contributed by atoms with Gasteiger partial charge in [0.05, 0.1) is 24.0 Å². The number of nitrogens with zero attached hydrogens (tertiary/aromatic N) is 1. The van der Waals surface area contributed by atoms with Crippen molar-refractivity contribution >= 4 is 21.7 Å². The number of likely N-dealkylation sites (tertiary alicyclic amines) is 1. The standard InChI is InChI=1S/C13H22N2O4S/c1-3-9(2)15-12(16)6-11(13(15)17)14-7-10-4-5-20(18,19)8-10/h9-11,14H,3-8H2,1-2H3. The number of sulfone groups is 1. The molecule has 114 valence electrons. The molecule has 7 heteroatoms. The summed E-state index contributed by atoms with van der Waals surface area (Å²) in [5, 5.41) is 3.07. The summed E-state index contributed by atoms with van der Waals surface area (Å²) in [5.74, 6) is 0.159. The van der Waals surface area contributed by atoms with Gasteiger partial charge in [-0.3, -0.25) is 14.5 Å². The monoisotopic (exact) mass is 302 g/mol. The van der Waals surface area contributed by atoms with Crippen LogP contribution in [0.4, 0.5) is 0 Å². The van der Waals surface area contributed by atoms with Gasteiger partial charge in [0.2, 0.25) is 11.8 Å². The fourth-order valence-corrected chi connectivity index (χ4v) is 4.66. The van der Waals surface area contributed by atoms with Crippen molar-refractivity contribution in [1.82, 2.24) is 10.2 Å². The molecule has 20 heavy (non-hydrogen) atoms. The second-order valence-electron chi connectivity index (χ2n) is 5.79. The smallest absolute Gasteiger partial charge is 0.247 e. The Morgan fingerprint density at radius 2 is 2.10 bits per heavy atom. The normalized spacial score (nSPS) is 31.0. The number of carbonyl (C=O) groups is 2. The lowest BCUT2D eigenvalue weighted by Crippen LogP contribution is -2.43. The zero-order valence-electron chi connectivity index (χ0n) is 12.0. The zero-order chi connectivity index (χ0) is 14.9. The van der Waals surface area contributed by atoms with Crippen LogP contribution in [0, 0.1) is 5.92 Å². The van der Waals surface area contributed by atoms with Crippen molar-refractivity contribution in [3.05, 3.63) is 0 Å². The van der Waals surface area contributed by atoms with Crippen LogP contribution in [0.5, 0.6) is 0 Å². The SMILES string of the molecule is CCC(C)N1C(=O)CC(NCC2CCS(=O)(=O)C2)C1=O. The van der Waals surface area contributed by atoms with E-state index in [0.717, 1.165) is 6.42 Å². The molecule has 3 atom stereocenters. The average Bonchev–Trinajstić information content (AvgIpc) is 2.86. The quantitative estimate of drug-likeness (QED) is 0.719. The molecule has 0 spiro atoms. The van der Waals surface area contributed by atoms with Gasteiger partial charge in [0.25, 0.3) is 0 Å². The summed E-state index contributed by atoms with van der Waals surface area (Å²) in [4.78, 5) is 25.4. The summed E-state index contributed by atoms with van der Waals surface area (Å²) in [6.45, 7) is 4.29. The predicted octanol–water partition coefficient (Wildman–Crippen LogP) is -0.0633. The number of amides is 2.